The van der Waals surface area contributed by atoms with Crippen molar-refractivity contribution >= 4 is 9.28 Å². The van der Waals surface area contributed by atoms with Gasteiger partial charge in [0.2, 0.25) is 0 Å². The number of rotatable bonds is 6. The third kappa shape index (κ3) is 4.38. The van der Waals surface area contributed by atoms with Crippen LogP contribution < -0.4 is 0 Å². The average molecular weight is 258 g/mol. The van der Waals surface area contributed by atoms with Gasteiger partial charge in [-0.25, -0.2) is 0 Å². The molecule has 1 rings (SSSR count). The lowest BCUT2D eigenvalue weighted by Gasteiger charge is -2.39. The fraction of sp³-hybridized carbons (Fsp3) is 1.00. The van der Waals surface area contributed by atoms with Crippen LogP contribution in [0.3, 0.4) is 0 Å². The molecule has 0 aromatic rings. The molecule has 1 saturated carbocycles. The van der Waals surface area contributed by atoms with E-state index < -0.39 is 9.28 Å². The van der Waals surface area contributed by atoms with Gasteiger partial charge in [0.25, 0.3) is 0 Å². The number of hydrogen-bond acceptors (Lipinski definition) is 2. The Bertz CT molecular complexity index is 201. The van der Waals surface area contributed by atoms with E-state index >= 15 is 0 Å². The van der Waals surface area contributed by atoms with E-state index in [2.05, 4.69) is 34.6 Å². The van der Waals surface area contributed by atoms with Gasteiger partial charge in [0.05, 0.1) is 0 Å². The zero-order chi connectivity index (χ0) is 12.9. The van der Waals surface area contributed by atoms with Crippen molar-refractivity contribution in [3.8, 4) is 0 Å². The van der Waals surface area contributed by atoms with Crippen LogP contribution in [-0.2, 0) is 8.85 Å². The first kappa shape index (κ1) is 15.2. The molecule has 0 radical (unpaired) electrons. The Hall–Kier alpha value is 0.137. The second-order valence-electron chi connectivity index (χ2n) is 6.22. The monoisotopic (exact) mass is 258 g/mol. The van der Waals surface area contributed by atoms with Crippen molar-refractivity contribution in [2.75, 3.05) is 13.2 Å². The fourth-order valence-corrected chi connectivity index (χ4v) is 6.05. The molecule has 0 spiro atoms. The van der Waals surface area contributed by atoms with Gasteiger partial charge in [-0.3, -0.25) is 0 Å². The largest absolute Gasteiger partial charge is 0.397 e. The van der Waals surface area contributed by atoms with Crippen molar-refractivity contribution < 1.29 is 8.85 Å². The van der Waals surface area contributed by atoms with Gasteiger partial charge in [-0.15, -0.1) is 0 Å². The van der Waals surface area contributed by atoms with E-state index in [9.17, 15) is 0 Å². The van der Waals surface area contributed by atoms with E-state index in [0.29, 0.717) is 11.0 Å². The molecule has 0 aromatic carbocycles. The third-order valence-electron chi connectivity index (χ3n) is 3.86. The zero-order valence-electron chi connectivity index (χ0n) is 12.3. The quantitative estimate of drug-likeness (QED) is 0.673. The predicted octanol–water partition coefficient (Wildman–Crippen LogP) is 3.89. The molecule has 1 atom stereocenters. The highest BCUT2D eigenvalue weighted by molar-refractivity contribution is 6.46. The smallest absolute Gasteiger partial charge is 0.325 e. The van der Waals surface area contributed by atoms with Crippen LogP contribution >= 0.6 is 0 Å². The summed E-state index contributed by atoms with van der Waals surface area (Å²) in [6.45, 7) is 12.9. The Balaban J connectivity index is 2.78. The molecule has 1 fully saturated rings. The van der Waals surface area contributed by atoms with E-state index in [0.717, 1.165) is 19.1 Å². The molecule has 102 valence electrons. The van der Waals surface area contributed by atoms with Crippen molar-refractivity contribution in [2.24, 2.45) is 11.3 Å². The van der Waals surface area contributed by atoms with Crippen molar-refractivity contribution in [2.45, 2.75) is 65.8 Å². The Morgan fingerprint density at radius 3 is 1.88 bits per heavy atom. The maximum Gasteiger partial charge on any atom is 0.325 e. The second kappa shape index (κ2) is 6.91. The molecule has 0 N–H and O–H groups in total. The first-order chi connectivity index (χ1) is 8.00. The molecule has 2 nitrogen and oxygen atoms in total. The van der Waals surface area contributed by atoms with Gasteiger partial charge >= 0.3 is 9.28 Å². The highest BCUT2D eigenvalue weighted by atomic mass is 28.3. The molecule has 0 saturated heterocycles. The van der Waals surface area contributed by atoms with Crippen LogP contribution in [0.25, 0.3) is 0 Å². The van der Waals surface area contributed by atoms with E-state index in [1.165, 1.54) is 25.7 Å². The highest BCUT2D eigenvalue weighted by Crippen LogP contribution is 2.47. The molecule has 0 aliphatic heterocycles. The van der Waals surface area contributed by atoms with Gasteiger partial charge in [0.15, 0.2) is 0 Å². The lowest BCUT2D eigenvalue weighted by molar-refractivity contribution is 0.159. The SMILES string of the molecule is CCO[SiH](OCC)C(C1CCCC1)C(C)(C)C. The van der Waals surface area contributed by atoms with E-state index in [1.54, 1.807) is 0 Å². The van der Waals surface area contributed by atoms with Crippen LogP contribution in [0, 0.1) is 11.3 Å². The topological polar surface area (TPSA) is 18.5 Å². The van der Waals surface area contributed by atoms with Gasteiger partial charge in [0.1, 0.15) is 0 Å². The van der Waals surface area contributed by atoms with Gasteiger partial charge in [0, 0.05) is 18.8 Å². The highest BCUT2D eigenvalue weighted by Gasteiger charge is 2.42. The Morgan fingerprint density at radius 1 is 1.06 bits per heavy atom. The number of hydrogen-bond donors (Lipinski definition) is 0. The van der Waals surface area contributed by atoms with Crippen LogP contribution in [0.2, 0.25) is 5.54 Å². The molecule has 1 unspecified atom stereocenters. The molecule has 1 aliphatic rings. The Morgan fingerprint density at radius 2 is 1.53 bits per heavy atom. The molecular weight excluding hydrogens is 228 g/mol. The Labute approximate surface area is 109 Å². The average Bonchev–Trinajstić information content (AvgIpc) is 2.69. The minimum absolute atomic E-state index is 0.316. The normalized spacial score (nSPS) is 20.1. The van der Waals surface area contributed by atoms with Crippen LogP contribution in [0.4, 0.5) is 0 Å². The molecular formula is C14H30O2Si. The summed E-state index contributed by atoms with van der Waals surface area (Å²) >= 11 is 0. The Kier molecular flexibility index (Phi) is 6.17. The van der Waals surface area contributed by atoms with Gasteiger partial charge in [-0.1, -0.05) is 46.5 Å². The first-order valence-corrected chi connectivity index (χ1v) is 8.84. The summed E-state index contributed by atoms with van der Waals surface area (Å²) in [6.07, 6.45) is 5.56. The van der Waals surface area contributed by atoms with Crippen LogP contribution in [0.5, 0.6) is 0 Å². The van der Waals surface area contributed by atoms with Crippen LogP contribution in [0.1, 0.15) is 60.3 Å². The van der Waals surface area contributed by atoms with Gasteiger partial charge in [-0.2, -0.15) is 0 Å². The van der Waals surface area contributed by atoms with Crippen molar-refractivity contribution in [1.82, 2.24) is 0 Å². The molecule has 17 heavy (non-hydrogen) atoms. The molecule has 0 bridgehead atoms. The summed E-state index contributed by atoms with van der Waals surface area (Å²) in [4.78, 5) is 0. The van der Waals surface area contributed by atoms with E-state index in [4.69, 9.17) is 8.85 Å². The van der Waals surface area contributed by atoms with Crippen molar-refractivity contribution in [3.63, 3.8) is 0 Å². The third-order valence-corrected chi connectivity index (χ3v) is 7.32. The van der Waals surface area contributed by atoms with Crippen molar-refractivity contribution in [3.05, 3.63) is 0 Å². The summed E-state index contributed by atoms with van der Waals surface area (Å²) in [7, 11) is -1.53. The molecule has 0 aromatic heterocycles. The minimum Gasteiger partial charge on any atom is -0.397 e. The molecule has 3 heteroatoms. The van der Waals surface area contributed by atoms with E-state index in [1.807, 2.05) is 0 Å². The fourth-order valence-electron chi connectivity index (χ4n) is 3.24. The van der Waals surface area contributed by atoms with Gasteiger partial charge in [-0.05, 0) is 25.2 Å². The molecule has 0 heterocycles. The molecule has 0 amide bonds. The summed E-state index contributed by atoms with van der Waals surface area (Å²) in [5, 5.41) is 0. The van der Waals surface area contributed by atoms with E-state index in [-0.39, 0.29) is 0 Å². The lowest BCUT2D eigenvalue weighted by Crippen LogP contribution is -2.40. The lowest BCUT2D eigenvalue weighted by atomic mass is 9.83. The minimum atomic E-state index is -1.53. The summed E-state index contributed by atoms with van der Waals surface area (Å²) in [5.41, 5.74) is 0.973. The van der Waals surface area contributed by atoms with Crippen LogP contribution in [0.15, 0.2) is 0 Å². The van der Waals surface area contributed by atoms with Gasteiger partial charge < -0.3 is 8.85 Å². The maximum absolute atomic E-state index is 6.00. The zero-order valence-corrected chi connectivity index (χ0v) is 13.4. The standard InChI is InChI=1S/C14H30O2Si/c1-6-15-17(16-7-2)13(14(3,4)5)12-10-8-9-11-12/h12-13,17H,6-11H2,1-5H3. The van der Waals surface area contributed by atoms with Crippen molar-refractivity contribution in [1.29, 1.82) is 0 Å². The maximum atomic E-state index is 6.00. The summed E-state index contributed by atoms with van der Waals surface area (Å²) in [5.74, 6) is 0.838. The first-order valence-electron chi connectivity index (χ1n) is 7.23. The summed E-state index contributed by atoms with van der Waals surface area (Å²) in [6, 6.07) is 0. The predicted molar refractivity (Wildman–Crippen MR) is 75.6 cm³/mol. The molecule has 1 aliphatic carbocycles. The second-order valence-corrected chi connectivity index (χ2v) is 8.34. The summed E-state index contributed by atoms with van der Waals surface area (Å²) < 4.78 is 12.0. The van der Waals surface area contributed by atoms with Crippen LogP contribution in [-0.4, -0.2) is 22.5 Å².